The zero-order valence-electron chi connectivity index (χ0n) is 8.66. The highest BCUT2D eigenvalue weighted by Gasteiger charge is 2.07. The van der Waals surface area contributed by atoms with Crippen molar-refractivity contribution in [1.29, 1.82) is 0 Å². The maximum atomic E-state index is 13.2. The largest absolute Gasteiger partial charge is 0.487 e. The van der Waals surface area contributed by atoms with Gasteiger partial charge in [0.05, 0.1) is 6.20 Å². The van der Waals surface area contributed by atoms with Crippen molar-refractivity contribution in [3.63, 3.8) is 0 Å². The molecule has 0 aliphatic heterocycles. The number of benzene rings is 1. The molecular weight excluding hydrogens is 231 g/mol. The third kappa shape index (κ3) is 2.75. The summed E-state index contributed by atoms with van der Waals surface area (Å²) in [5.41, 5.74) is 0.0920. The molecule has 0 fully saturated rings. The van der Waals surface area contributed by atoms with Crippen LogP contribution in [0.25, 0.3) is 0 Å². The lowest BCUT2D eigenvalue weighted by Crippen LogP contribution is -2.00. The third-order valence-electron chi connectivity index (χ3n) is 2.13. The number of aromatic nitrogens is 1. The molecule has 0 bridgehead atoms. The minimum absolute atomic E-state index is 0.0920. The van der Waals surface area contributed by atoms with Crippen molar-refractivity contribution in [2.24, 2.45) is 0 Å². The summed E-state index contributed by atoms with van der Waals surface area (Å²) in [4.78, 5) is 3.37. The van der Waals surface area contributed by atoms with Crippen molar-refractivity contribution < 1.29 is 17.9 Å². The molecule has 0 N–H and O–H groups in total. The third-order valence-corrected chi connectivity index (χ3v) is 2.13. The fourth-order valence-electron chi connectivity index (χ4n) is 1.27. The van der Waals surface area contributed by atoms with Gasteiger partial charge in [-0.1, -0.05) is 12.1 Å². The first-order valence-corrected chi connectivity index (χ1v) is 4.84. The molecule has 0 saturated carbocycles. The van der Waals surface area contributed by atoms with Gasteiger partial charge in [-0.2, -0.15) is 4.39 Å². The average Bonchev–Trinajstić information content (AvgIpc) is 2.33. The van der Waals surface area contributed by atoms with Gasteiger partial charge >= 0.3 is 0 Å². The van der Waals surface area contributed by atoms with E-state index in [-0.39, 0.29) is 17.9 Å². The van der Waals surface area contributed by atoms with Gasteiger partial charge in [0.25, 0.3) is 0 Å². The van der Waals surface area contributed by atoms with Crippen LogP contribution in [-0.4, -0.2) is 4.98 Å². The Morgan fingerprint density at radius 3 is 2.59 bits per heavy atom. The average molecular weight is 239 g/mol. The number of rotatable bonds is 3. The van der Waals surface area contributed by atoms with Gasteiger partial charge in [-0.05, 0) is 18.2 Å². The van der Waals surface area contributed by atoms with E-state index in [1.54, 1.807) is 0 Å². The minimum atomic E-state index is -0.942. The first-order chi connectivity index (χ1) is 8.16. The molecule has 0 aliphatic carbocycles. The number of hydrogen-bond acceptors (Lipinski definition) is 2. The molecule has 0 radical (unpaired) electrons. The van der Waals surface area contributed by atoms with Crippen LogP contribution >= 0.6 is 0 Å². The number of hydrogen-bond donors (Lipinski definition) is 0. The van der Waals surface area contributed by atoms with Gasteiger partial charge in [0.15, 0.2) is 11.6 Å². The first kappa shape index (κ1) is 11.4. The summed E-state index contributed by atoms with van der Waals surface area (Å²) in [7, 11) is 0. The molecule has 0 aliphatic rings. The maximum Gasteiger partial charge on any atom is 0.213 e. The number of pyridine rings is 1. The van der Waals surface area contributed by atoms with E-state index in [9.17, 15) is 13.2 Å². The fourth-order valence-corrected chi connectivity index (χ4v) is 1.27. The van der Waals surface area contributed by atoms with Gasteiger partial charge in [0.1, 0.15) is 12.4 Å². The molecule has 0 amide bonds. The molecule has 0 saturated heterocycles. The van der Waals surface area contributed by atoms with Crippen LogP contribution in [0.2, 0.25) is 0 Å². The normalized spacial score (nSPS) is 10.3. The molecule has 1 heterocycles. The second-order valence-electron chi connectivity index (χ2n) is 3.32. The van der Waals surface area contributed by atoms with Gasteiger partial charge in [0.2, 0.25) is 5.95 Å². The zero-order chi connectivity index (χ0) is 12.3. The molecule has 0 unspecified atom stereocenters. The Morgan fingerprint density at radius 2 is 1.88 bits per heavy atom. The number of ether oxygens (including phenoxy) is 1. The quantitative estimate of drug-likeness (QED) is 0.768. The summed E-state index contributed by atoms with van der Waals surface area (Å²) < 4.78 is 43.7. The molecule has 2 nitrogen and oxygen atoms in total. The van der Waals surface area contributed by atoms with Crippen molar-refractivity contribution in [3.8, 4) is 5.75 Å². The fraction of sp³-hybridized carbons (Fsp3) is 0.0833. The number of halogens is 3. The van der Waals surface area contributed by atoms with E-state index in [1.807, 2.05) is 0 Å². The minimum Gasteiger partial charge on any atom is -0.487 e. The topological polar surface area (TPSA) is 22.1 Å². The molecule has 5 heteroatoms. The van der Waals surface area contributed by atoms with Crippen LogP contribution in [0.5, 0.6) is 5.75 Å². The standard InChI is InChI=1S/C12H8F3NO/c13-10-3-1-2-8(12(10)15)7-17-9-4-5-11(14)16-6-9/h1-6H,7H2. The van der Waals surface area contributed by atoms with Crippen molar-refractivity contribution >= 4 is 0 Å². The summed E-state index contributed by atoms with van der Waals surface area (Å²) in [5.74, 6) is -2.21. The molecular formula is C12H8F3NO. The Kier molecular flexibility index (Phi) is 3.27. The molecule has 0 atom stereocenters. The predicted molar refractivity (Wildman–Crippen MR) is 54.9 cm³/mol. The summed E-state index contributed by atoms with van der Waals surface area (Å²) in [5, 5.41) is 0. The maximum absolute atomic E-state index is 13.2. The molecule has 2 rings (SSSR count). The smallest absolute Gasteiger partial charge is 0.213 e. The second kappa shape index (κ2) is 4.86. The first-order valence-electron chi connectivity index (χ1n) is 4.84. The van der Waals surface area contributed by atoms with E-state index < -0.39 is 17.6 Å². The van der Waals surface area contributed by atoms with Gasteiger partial charge in [-0.25, -0.2) is 13.8 Å². The predicted octanol–water partition coefficient (Wildman–Crippen LogP) is 3.08. The van der Waals surface area contributed by atoms with E-state index in [1.165, 1.54) is 24.4 Å². The summed E-state index contributed by atoms with van der Waals surface area (Å²) >= 11 is 0. The van der Waals surface area contributed by atoms with E-state index in [0.717, 1.165) is 12.1 Å². The molecule has 88 valence electrons. The molecule has 1 aromatic carbocycles. The van der Waals surface area contributed by atoms with Crippen LogP contribution in [0, 0.1) is 17.6 Å². The molecule has 1 aromatic heterocycles. The Hall–Kier alpha value is -2.04. The molecule has 17 heavy (non-hydrogen) atoms. The Bertz CT molecular complexity index is 514. The summed E-state index contributed by atoms with van der Waals surface area (Å²) in [6, 6.07) is 6.31. The lowest BCUT2D eigenvalue weighted by atomic mass is 10.2. The lowest BCUT2D eigenvalue weighted by Gasteiger charge is -2.06. The SMILES string of the molecule is Fc1ccc(OCc2cccc(F)c2F)cn1. The Labute approximate surface area is 95.7 Å². The van der Waals surface area contributed by atoms with E-state index >= 15 is 0 Å². The van der Waals surface area contributed by atoms with E-state index in [0.29, 0.717) is 0 Å². The van der Waals surface area contributed by atoms with Gasteiger partial charge in [-0.3, -0.25) is 0 Å². The lowest BCUT2D eigenvalue weighted by molar-refractivity contribution is 0.295. The summed E-state index contributed by atoms with van der Waals surface area (Å²) in [6.45, 7) is -0.142. The van der Waals surface area contributed by atoms with Crippen molar-refractivity contribution in [2.45, 2.75) is 6.61 Å². The Balaban J connectivity index is 2.07. The van der Waals surface area contributed by atoms with Crippen molar-refractivity contribution in [2.75, 3.05) is 0 Å². The van der Waals surface area contributed by atoms with Crippen LogP contribution in [0.3, 0.4) is 0 Å². The zero-order valence-corrected chi connectivity index (χ0v) is 8.66. The van der Waals surface area contributed by atoms with E-state index in [4.69, 9.17) is 4.74 Å². The van der Waals surface area contributed by atoms with Crippen LogP contribution in [-0.2, 0) is 6.61 Å². The van der Waals surface area contributed by atoms with Gasteiger partial charge in [0, 0.05) is 5.56 Å². The highest BCUT2D eigenvalue weighted by molar-refractivity contribution is 5.21. The second-order valence-corrected chi connectivity index (χ2v) is 3.32. The Morgan fingerprint density at radius 1 is 1.06 bits per heavy atom. The van der Waals surface area contributed by atoms with Crippen molar-refractivity contribution in [3.05, 3.63) is 59.7 Å². The molecule has 2 aromatic rings. The number of nitrogens with zero attached hydrogens (tertiary/aromatic N) is 1. The highest BCUT2D eigenvalue weighted by atomic mass is 19.2. The monoisotopic (exact) mass is 239 g/mol. The van der Waals surface area contributed by atoms with Crippen LogP contribution in [0.15, 0.2) is 36.5 Å². The van der Waals surface area contributed by atoms with Crippen molar-refractivity contribution in [1.82, 2.24) is 4.98 Å². The van der Waals surface area contributed by atoms with Crippen LogP contribution in [0.1, 0.15) is 5.56 Å². The highest BCUT2D eigenvalue weighted by Crippen LogP contribution is 2.15. The van der Waals surface area contributed by atoms with E-state index in [2.05, 4.69) is 4.98 Å². The van der Waals surface area contributed by atoms with Crippen LogP contribution in [0.4, 0.5) is 13.2 Å². The van der Waals surface area contributed by atoms with Gasteiger partial charge < -0.3 is 4.74 Å². The summed E-state index contributed by atoms with van der Waals surface area (Å²) in [6.07, 6.45) is 1.17. The molecule has 0 spiro atoms. The van der Waals surface area contributed by atoms with Gasteiger partial charge in [-0.15, -0.1) is 0 Å². The van der Waals surface area contributed by atoms with Crippen LogP contribution < -0.4 is 4.74 Å².